The molecule has 0 bridgehead atoms. The van der Waals surface area contributed by atoms with Crippen LogP contribution in [0, 0.1) is 0 Å². The van der Waals surface area contributed by atoms with Crippen LogP contribution < -0.4 is 19.4 Å². The van der Waals surface area contributed by atoms with Gasteiger partial charge in [-0.15, -0.1) is 0 Å². The number of carbonyl (C=O) groups excluding carboxylic acids is 2. The predicted octanol–water partition coefficient (Wildman–Crippen LogP) is 1.75. The van der Waals surface area contributed by atoms with Crippen molar-refractivity contribution in [3.8, 4) is 5.75 Å². The summed E-state index contributed by atoms with van der Waals surface area (Å²) >= 11 is 0. The number of amides is 2. The lowest BCUT2D eigenvalue weighted by Crippen LogP contribution is -3.19. The number of quaternary nitrogens is 1. The normalized spacial score (nSPS) is 20.5. The number of hydrogen-bond acceptors (Lipinski definition) is 4. The fourth-order valence-corrected chi connectivity index (χ4v) is 4.23. The molecule has 2 aromatic rings. The van der Waals surface area contributed by atoms with E-state index in [2.05, 4.69) is 0 Å². The van der Waals surface area contributed by atoms with Crippen LogP contribution in [0.3, 0.4) is 0 Å². The molecule has 0 saturated carbocycles. The van der Waals surface area contributed by atoms with E-state index in [1.807, 2.05) is 4.90 Å². The first-order valence-corrected chi connectivity index (χ1v) is 10.1. The van der Waals surface area contributed by atoms with Crippen LogP contribution in [0.1, 0.15) is 12.0 Å². The fourth-order valence-electron chi connectivity index (χ4n) is 4.23. The van der Waals surface area contributed by atoms with Gasteiger partial charge in [0.1, 0.15) is 5.75 Å². The average molecular weight is 434 g/mol. The molecule has 2 amide bonds. The molecule has 2 fully saturated rings. The van der Waals surface area contributed by atoms with E-state index < -0.39 is 17.8 Å². The van der Waals surface area contributed by atoms with Gasteiger partial charge >= 0.3 is 6.18 Å². The third kappa shape index (κ3) is 4.23. The number of nitrogens with one attached hydrogen (secondary N) is 1. The topological polar surface area (TPSA) is 54.3 Å². The Hall–Kier alpha value is -3.07. The Balaban J connectivity index is 1.42. The van der Waals surface area contributed by atoms with Crippen LogP contribution in [-0.2, 0) is 15.8 Å². The molecule has 4 rings (SSSR count). The Labute approximate surface area is 177 Å². The van der Waals surface area contributed by atoms with Crippen molar-refractivity contribution >= 4 is 23.2 Å². The number of hydrogen-bond donors (Lipinski definition) is 1. The lowest BCUT2D eigenvalue weighted by atomic mass is 10.1. The van der Waals surface area contributed by atoms with Gasteiger partial charge < -0.3 is 14.5 Å². The van der Waals surface area contributed by atoms with Gasteiger partial charge in [0.15, 0.2) is 6.04 Å². The molecule has 0 spiro atoms. The van der Waals surface area contributed by atoms with Gasteiger partial charge in [-0.3, -0.25) is 9.59 Å². The van der Waals surface area contributed by atoms with Crippen molar-refractivity contribution in [1.29, 1.82) is 0 Å². The maximum Gasteiger partial charge on any atom is 0.416 e. The molecule has 2 aliphatic rings. The Bertz CT molecular complexity index is 970. The Morgan fingerprint density at radius 3 is 2.29 bits per heavy atom. The van der Waals surface area contributed by atoms with Gasteiger partial charge in [0.25, 0.3) is 5.91 Å². The zero-order valence-corrected chi connectivity index (χ0v) is 17.0. The molecular formula is C22H23F3N3O3+. The third-order valence-corrected chi connectivity index (χ3v) is 5.91. The van der Waals surface area contributed by atoms with Gasteiger partial charge in [0.05, 0.1) is 51.0 Å². The minimum Gasteiger partial charge on any atom is -0.497 e. The summed E-state index contributed by atoms with van der Waals surface area (Å²) in [4.78, 5) is 29.6. The summed E-state index contributed by atoms with van der Waals surface area (Å²) in [7, 11) is 1.54. The first-order chi connectivity index (χ1) is 14.8. The van der Waals surface area contributed by atoms with E-state index in [9.17, 15) is 22.8 Å². The summed E-state index contributed by atoms with van der Waals surface area (Å²) in [5.41, 5.74) is 0.356. The highest BCUT2D eigenvalue weighted by Gasteiger charge is 2.46. The zero-order chi connectivity index (χ0) is 22.2. The SMILES string of the molecule is COc1ccc(N2C(=O)C[C@H]([NH+]3CCN(c4cccc(C(F)(F)F)c4)CC3)C2=O)cc1. The smallest absolute Gasteiger partial charge is 0.416 e. The molecule has 2 heterocycles. The second kappa shape index (κ2) is 8.22. The van der Waals surface area contributed by atoms with Crippen LogP contribution in [0.2, 0.25) is 0 Å². The Kier molecular flexibility index (Phi) is 5.62. The van der Waals surface area contributed by atoms with Crippen molar-refractivity contribution < 1.29 is 32.4 Å². The maximum atomic E-state index is 13.0. The van der Waals surface area contributed by atoms with Crippen LogP contribution in [-0.4, -0.2) is 51.1 Å². The van der Waals surface area contributed by atoms with Crippen LogP contribution in [0.4, 0.5) is 24.5 Å². The molecule has 0 unspecified atom stereocenters. The zero-order valence-electron chi connectivity index (χ0n) is 17.0. The molecule has 1 N–H and O–H groups in total. The van der Waals surface area contributed by atoms with Gasteiger partial charge in [-0.2, -0.15) is 13.2 Å². The van der Waals surface area contributed by atoms with E-state index in [1.54, 1.807) is 37.4 Å². The summed E-state index contributed by atoms with van der Waals surface area (Å²) in [6, 6.07) is 11.6. The molecule has 6 nitrogen and oxygen atoms in total. The van der Waals surface area contributed by atoms with Crippen LogP contribution in [0.15, 0.2) is 48.5 Å². The molecule has 2 saturated heterocycles. The highest BCUT2D eigenvalue weighted by molar-refractivity contribution is 6.21. The number of methoxy groups -OCH3 is 1. The number of anilines is 2. The first-order valence-electron chi connectivity index (χ1n) is 10.1. The minimum atomic E-state index is -4.38. The summed E-state index contributed by atoms with van der Waals surface area (Å²) in [5.74, 6) is 0.154. The third-order valence-electron chi connectivity index (χ3n) is 5.91. The predicted molar refractivity (Wildman–Crippen MR) is 108 cm³/mol. The summed E-state index contributed by atoms with van der Waals surface area (Å²) in [5, 5.41) is 0. The lowest BCUT2D eigenvalue weighted by molar-refractivity contribution is -0.915. The number of ether oxygens (including phenoxy) is 1. The van der Waals surface area contributed by atoms with Crippen molar-refractivity contribution in [1.82, 2.24) is 0 Å². The van der Waals surface area contributed by atoms with Crippen molar-refractivity contribution in [2.45, 2.75) is 18.6 Å². The van der Waals surface area contributed by atoms with Crippen molar-refractivity contribution in [2.24, 2.45) is 0 Å². The van der Waals surface area contributed by atoms with E-state index in [-0.39, 0.29) is 18.2 Å². The van der Waals surface area contributed by atoms with Crippen LogP contribution in [0.25, 0.3) is 0 Å². The summed E-state index contributed by atoms with van der Waals surface area (Å²) in [6.07, 6.45) is -4.26. The Morgan fingerprint density at radius 2 is 1.68 bits per heavy atom. The molecule has 0 aromatic heterocycles. The Morgan fingerprint density at radius 1 is 1.00 bits per heavy atom. The molecule has 164 valence electrons. The number of imide groups is 1. The number of rotatable bonds is 4. The number of piperazine rings is 1. The highest BCUT2D eigenvalue weighted by Crippen LogP contribution is 2.31. The van der Waals surface area contributed by atoms with Gasteiger partial charge in [-0.05, 0) is 42.5 Å². The van der Waals surface area contributed by atoms with Crippen LogP contribution >= 0.6 is 0 Å². The molecule has 2 aliphatic heterocycles. The molecule has 0 aliphatic carbocycles. The second-order valence-electron chi connectivity index (χ2n) is 7.72. The average Bonchev–Trinajstić information content (AvgIpc) is 3.07. The van der Waals surface area contributed by atoms with E-state index >= 15 is 0 Å². The van der Waals surface area contributed by atoms with E-state index in [0.717, 1.165) is 17.0 Å². The van der Waals surface area contributed by atoms with Crippen molar-refractivity contribution in [3.63, 3.8) is 0 Å². The van der Waals surface area contributed by atoms with E-state index in [4.69, 9.17) is 4.74 Å². The minimum absolute atomic E-state index is 0.129. The van der Waals surface area contributed by atoms with Gasteiger partial charge in [-0.25, -0.2) is 4.90 Å². The number of carbonyl (C=O) groups is 2. The summed E-state index contributed by atoms with van der Waals surface area (Å²) < 4.78 is 44.1. The van der Waals surface area contributed by atoms with Crippen molar-refractivity contribution in [3.05, 3.63) is 54.1 Å². The lowest BCUT2D eigenvalue weighted by Gasteiger charge is -2.35. The maximum absolute atomic E-state index is 13.0. The number of halogens is 3. The van der Waals surface area contributed by atoms with Crippen molar-refractivity contribution in [2.75, 3.05) is 43.1 Å². The van der Waals surface area contributed by atoms with E-state index in [1.165, 1.54) is 11.0 Å². The van der Waals surface area contributed by atoms with Gasteiger partial charge in [0.2, 0.25) is 5.91 Å². The molecule has 31 heavy (non-hydrogen) atoms. The summed E-state index contributed by atoms with van der Waals surface area (Å²) in [6.45, 7) is 2.15. The first kappa shape index (κ1) is 21.2. The van der Waals surface area contributed by atoms with Gasteiger partial charge in [-0.1, -0.05) is 6.07 Å². The quantitative estimate of drug-likeness (QED) is 0.746. The number of benzene rings is 2. The molecular weight excluding hydrogens is 411 g/mol. The van der Waals surface area contributed by atoms with Gasteiger partial charge in [0, 0.05) is 5.69 Å². The van der Waals surface area contributed by atoms with E-state index in [0.29, 0.717) is 43.3 Å². The number of nitrogens with zero attached hydrogens (tertiary/aromatic N) is 2. The molecule has 2 aromatic carbocycles. The number of alkyl halides is 3. The highest BCUT2D eigenvalue weighted by atomic mass is 19.4. The molecule has 1 atom stereocenters. The monoisotopic (exact) mass is 434 g/mol. The molecule has 9 heteroatoms. The van der Waals surface area contributed by atoms with Crippen LogP contribution in [0.5, 0.6) is 5.75 Å². The molecule has 0 radical (unpaired) electrons. The second-order valence-corrected chi connectivity index (χ2v) is 7.72. The largest absolute Gasteiger partial charge is 0.497 e. The fraction of sp³-hybridized carbons (Fsp3) is 0.364. The standard InChI is InChI=1S/C22H22F3N3O3/c1-31-18-7-5-16(6-8-18)28-20(29)14-19(21(28)30)27-11-9-26(10-12-27)17-4-2-3-15(13-17)22(23,24)25/h2-8,13,19H,9-12,14H2,1H3/p+1/t19-/m0/s1.